The fraction of sp³-hybridized carbons (Fsp3) is 0.268. The number of benzene rings is 4. The smallest absolute Gasteiger partial charge is 0.233 e. The molecule has 1 saturated heterocycles. The van der Waals surface area contributed by atoms with Gasteiger partial charge in [0.1, 0.15) is 23.2 Å². The molecule has 2 N–H and O–H groups in total. The zero-order valence-electron chi connectivity index (χ0n) is 28.7. The highest BCUT2D eigenvalue weighted by atomic mass is 16.5. The molecule has 1 fully saturated rings. The lowest BCUT2D eigenvalue weighted by Gasteiger charge is -2.34. The normalized spacial score (nSPS) is 15.0. The quantitative estimate of drug-likeness (QED) is 0.102. The number of H-pyrrole nitrogens is 2. The van der Waals surface area contributed by atoms with Crippen molar-refractivity contribution in [2.45, 2.75) is 25.7 Å². The number of unbranched alkanes of at least 4 members (excludes halogenated alkanes) is 3. The number of anilines is 1. The van der Waals surface area contributed by atoms with Gasteiger partial charge >= 0.3 is 0 Å². The lowest BCUT2D eigenvalue weighted by atomic mass is 9.94. The highest BCUT2D eigenvalue weighted by Gasteiger charge is 2.26. The van der Waals surface area contributed by atoms with E-state index in [1.807, 2.05) is 36.4 Å². The molecule has 2 aromatic heterocycles. The van der Waals surface area contributed by atoms with Crippen LogP contribution in [0.3, 0.4) is 0 Å². The largest absolute Gasteiger partial charge is 0.494 e. The predicted molar refractivity (Wildman–Crippen MR) is 200 cm³/mol. The summed E-state index contributed by atoms with van der Waals surface area (Å²) in [5, 5.41) is 0. The van der Waals surface area contributed by atoms with E-state index in [-0.39, 0.29) is 0 Å². The average Bonchev–Trinajstić information content (AvgIpc) is 3.79. The number of carbonyl (C=O) groups is 2. The average molecular weight is 681 g/mol. The Kier molecular flexibility index (Phi) is 9.07. The number of carbonyl (C=O) groups excluding carboxylic acids is 2. The number of imidazole rings is 2. The summed E-state index contributed by atoms with van der Waals surface area (Å²) in [5.41, 5.74) is 8.15. The Morgan fingerprint density at radius 3 is 2.04 bits per heavy atom. The fourth-order valence-electron chi connectivity index (χ4n) is 6.73. The van der Waals surface area contributed by atoms with E-state index in [2.05, 4.69) is 63.2 Å². The zero-order chi connectivity index (χ0) is 34.7. The Hall–Kier alpha value is -5.74. The molecule has 51 heavy (non-hydrogen) atoms. The lowest BCUT2D eigenvalue weighted by Crippen LogP contribution is -2.44. The number of rotatable bonds is 12. The number of ether oxygens (including phenoxy) is 2. The number of aromatic nitrogens is 4. The zero-order valence-corrected chi connectivity index (χ0v) is 28.7. The topological polar surface area (TPSA) is 116 Å². The Morgan fingerprint density at radius 1 is 0.667 bits per heavy atom. The van der Waals surface area contributed by atoms with Crippen LogP contribution in [0.1, 0.15) is 41.6 Å². The van der Waals surface area contributed by atoms with Gasteiger partial charge in [-0.15, -0.1) is 0 Å². The Labute approximate surface area is 296 Å². The number of piperazine rings is 1. The summed E-state index contributed by atoms with van der Waals surface area (Å²) in [6.45, 7) is 5.31. The van der Waals surface area contributed by atoms with E-state index in [4.69, 9.17) is 19.4 Å². The molecular weight excluding hydrogens is 640 g/mol. The number of allylic oxidation sites excluding steroid dienone is 1. The van der Waals surface area contributed by atoms with Gasteiger partial charge < -0.3 is 29.2 Å². The molecule has 0 radical (unpaired) electrons. The van der Waals surface area contributed by atoms with E-state index in [1.165, 1.54) is 11.8 Å². The van der Waals surface area contributed by atoms with Gasteiger partial charge in [0.15, 0.2) is 0 Å². The fourth-order valence-corrected chi connectivity index (χ4v) is 6.73. The van der Waals surface area contributed by atoms with E-state index in [9.17, 15) is 9.59 Å². The Bertz CT molecular complexity index is 2240. The summed E-state index contributed by atoms with van der Waals surface area (Å²) in [6, 6.07) is 27.8. The maximum absolute atomic E-state index is 12.1. The van der Waals surface area contributed by atoms with Gasteiger partial charge in [-0.1, -0.05) is 24.3 Å². The third kappa shape index (κ3) is 7.00. The second-order valence-corrected chi connectivity index (χ2v) is 13.3. The molecule has 1 aliphatic heterocycles. The third-order valence-electron chi connectivity index (χ3n) is 9.71. The highest BCUT2D eigenvalue weighted by molar-refractivity contribution is 6.50. The molecule has 3 heterocycles. The second kappa shape index (κ2) is 14.2. The molecule has 0 bridgehead atoms. The molecular formula is C41H40N6O4. The first-order valence-corrected chi connectivity index (χ1v) is 17.7. The van der Waals surface area contributed by atoms with E-state index >= 15 is 0 Å². The molecule has 0 spiro atoms. The standard InChI is InChI=1S/C41H40N6O4/c1-46-18-20-47(21-19-46)29-13-17-34-36(25-29)45-41(43-34)28-12-16-33-35(24-28)44-40(42-33)27-10-14-30(15-11-27)50-22-6-2-3-7-23-51-38-26-37(48)39(49)32-9-5-4-8-31(32)38/h4-5,8-17,24-26H,2-3,6-7,18-23H2,1H3,(H,42,44)(H,43,45). The summed E-state index contributed by atoms with van der Waals surface area (Å²) in [5.74, 6) is 1.93. The molecule has 6 aromatic rings. The van der Waals surface area contributed by atoms with Crippen LogP contribution in [0.4, 0.5) is 5.69 Å². The SMILES string of the molecule is CN1CCN(c2ccc3[nH]c(-c4ccc5[nH]c(-c6ccc(OCCCCCCOC7=CC(=O)C(=O)c8ccccc87)cc6)nc5c4)nc3c2)CC1. The van der Waals surface area contributed by atoms with Crippen molar-refractivity contribution in [3.05, 3.63) is 102 Å². The van der Waals surface area contributed by atoms with Gasteiger partial charge in [-0.25, -0.2) is 9.97 Å². The number of hydrogen-bond acceptors (Lipinski definition) is 8. The summed E-state index contributed by atoms with van der Waals surface area (Å²) < 4.78 is 11.9. The van der Waals surface area contributed by atoms with Crippen molar-refractivity contribution in [1.82, 2.24) is 24.8 Å². The molecule has 4 aromatic carbocycles. The third-order valence-corrected chi connectivity index (χ3v) is 9.71. The maximum atomic E-state index is 12.1. The number of Topliss-reactive ketones (excluding diaryl/α,β-unsaturated/α-hetero) is 1. The van der Waals surface area contributed by atoms with Gasteiger partial charge in [0, 0.05) is 60.2 Å². The Balaban J connectivity index is 0.814. The first kappa shape index (κ1) is 32.5. The minimum absolute atomic E-state index is 0.409. The van der Waals surface area contributed by atoms with Crippen molar-refractivity contribution < 1.29 is 19.1 Å². The molecule has 258 valence electrons. The van der Waals surface area contributed by atoms with Gasteiger partial charge in [0.25, 0.3) is 0 Å². The van der Waals surface area contributed by atoms with Crippen LogP contribution < -0.4 is 9.64 Å². The van der Waals surface area contributed by atoms with Crippen LogP contribution in [-0.2, 0) is 9.53 Å². The number of fused-ring (bicyclic) bond motifs is 3. The van der Waals surface area contributed by atoms with Crippen LogP contribution in [0.25, 0.3) is 50.6 Å². The van der Waals surface area contributed by atoms with Crippen molar-refractivity contribution >= 4 is 45.1 Å². The van der Waals surface area contributed by atoms with Crippen molar-refractivity contribution in [1.29, 1.82) is 0 Å². The van der Waals surface area contributed by atoms with Crippen LogP contribution in [-0.4, -0.2) is 82.8 Å². The summed E-state index contributed by atoms with van der Waals surface area (Å²) >= 11 is 0. The van der Waals surface area contributed by atoms with Gasteiger partial charge in [-0.3, -0.25) is 9.59 Å². The lowest BCUT2D eigenvalue weighted by molar-refractivity contribution is -0.111. The molecule has 0 saturated carbocycles. The van der Waals surface area contributed by atoms with Crippen LogP contribution in [0.5, 0.6) is 5.75 Å². The van der Waals surface area contributed by atoms with Gasteiger partial charge in [0.05, 0.1) is 35.3 Å². The van der Waals surface area contributed by atoms with Gasteiger partial charge in [-0.05, 0) is 93.4 Å². The second-order valence-electron chi connectivity index (χ2n) is 13.3. The highest BCUT2D eigenvalue weighted by Crippen LogP contribution is 2.29. The molecule has 8 rings (SSSR count). The summed E-state index contributed by atoms with van der Waals surface area (Å²) in [4.78, 5) is 45.7. The van der Waals surface area contributed by atoms with Crippen LogP contribution in [0, 0.1) is 0 Å². The van der Waals surface area contributed by atoms with Crippen LogP contribution >= 0.6 is 0 Å². The van der Waals surface area contributed by atoms with Crippen LogP contribution in [0.15, 0.2) is 91.0 Å². The number of nitrogens with zero attached hydrogens (tertiary/aromatic N) is 4. The van der Waals surface area contributed by atoms with Crippen molar-refractivity contribution in [3.8, 4) is 28.5 Å². The number of ketones is 2. The van der Waals surface area contributed by atoms with E-state index in [1.54, 1.807) is 12.1 Å². The van der Waals surface area contributed by atoms with Crippen molar-refractivity contribution in [3.63, 3.8) is 0 Å². The van der Waals surface area contributed by atoms with Crippen molar-refractivity contribution in [2.24, 2.45) is 0 Å². The number of aromatic amines is 2. The van der Waals surface area contributed by atoms with E-state index in [0.717, 1.165) is 102 Å². The monoisotopic (exact) mass is 680 g/mol. The number of hydrogen-bond donors (Lipinski definition) is 2. The minimum Gasteiger partial charge on any atom is -0.494 e. The summed E-state index contributed by atoms with van der Waals surface area (Å²) in [7, 11) is 2.17. The first-order valence-electron chi connectivity index (χ1n) is 17.7. The van der Waals surface area contributed by atoms with E-state index in [0.29, 0.717) is 30.1 Å². The molecule has 0 amide bonds. The molecule has 0 atom stereocenters. The summed E-state index contributed by atoms with van der Waals surface area (Å²) in [6.07, 6.45) is 5.06. The molecule has 1 aliphatic carbocycles. The Morgan fingerprint density at radius 2 is 1.29 bits per heavy atom. The molecule has 10 nitrogen and oxygen atoms in total. The van der Waals surface area contributed by atoms with Crippen LogP contribution in [0.2, 0.25) is 0 Å². The minimum atomic E-state index is -0.532. The maximum Gasteiger partial charge on any atom is 0.233 e. The predicted octanol–water partition coefficient (Wildman–Crippen LogP) is 7.29. The van der Waals surface area contributed by atoms with Gasteiger partial charge in [0.2, 0.25) is 11.6 Å². The molecule has 10 heteroatoms. The van der Waals surface area contributed by atoms with Crippen molar-refractivity contribution in [2.75, 3.05) is 51.3 Å². The van der Waals surface area contributed by atoms with Gasteiger partial charge in [-0.2, -0.15) is 0 Å². The molecule has 0 unspecified atom stereocenters. The number of nitrogens with one attached hydrogen (secondary N) is 2. The number of likely N-dealkylation sites (N-methyl/N-ethyl adjacent to an activating group) is 1. The molecule has 2 aliphatic rings. The first-order chi connectivity index (χ1) is 25.0. The van der Waals surface area contributed by atoms with E-state index < -0.39 is 11.6 Å².